The average Bonchev–Trinajstić information content (AvgIpc) is 2.80. The van der Waals surface area contributed by atoms with Crippen LogP contribution in [-0.2, 0) is 4.79 Å². The van der Waals surface area contributed by atoms with Crippen molar-refractivity contribution >= 4 is 22.8 Å². The van der Waals surface area contributed by atoms with Crippen LogP contribution in [0.1, 0.15) is 36.4 Å². The Kier molecular flexibility index (Phi) is 4.31. The van der Waals surface area contributed by atoms with Gasteiger partial charge in [0, 0.05) is 5.39 Å². The Bertz CT molecular complexity index is 672. The van der Waals surface area contributed by atoms with E-state index in [-0.39, 0.29) is 11.7 Å². The van der Waals surface area contributed by atoms with Gasteiger partial charge in [-0.1, -0.05) is 25.5 Å². The summed E-state index contributed by atoms with van der Waals surface area (Å²) in [6.45, 7) is 5.77. The first-order valence-corrected chi connectivity index (χ1v) is 6.90. The van der Waals surface area contributed by atoms with Gasteiger partial charge in [-0.25, -0.2) is 4.79 Å². The Labute approximate surface area is 122 Å². The standard InChI is InChI=1S/C16H19NO4/c1-9(2)6-12(16(19)20)17-15(18)14-8-11-7-10(3)4-5-13(11)21-14/h4-5,7-9,12H,6H2,1-3H3,(H,17,18)(H,19,20)/t12-/m0/s1. The topological polar surface area (TPSA) is 79.5 Å². The highest BCUT2D eigenvalue weighted by Gasteiger charge is 2.23. The van der Waals surface area contributed by atoms with Crippen LogP contribution in [0.2, 0.25) is 0 Å². The molecule has 1 amide bonds. The second-order valence-electron chi connectivity index (χ2n) is 5.65. The molecule has 1 atom stereocenters. The van der Waals surface area contributed by atoms with Gasteiger partial charge < -0.3 is 14.8 Å². The molecule has 0 aliphatic rings. The number of rotatable bonds is 5. The van der Waals surface area contributed by atoms with Crippen molar-refractivity contribution in [3.8, 4) is 0 Å². The Morgan fingerprint density at radius 3 is 2.62 bits per heavy atom. The molecule has 0 spiro atoms. The summed E-state index contributed by atoms with van der Waals surface area (Å²) in [4.78, 5) is 23.3. The van der Waals surface area contributed by atoms with Crippen molar-refractivity contribution in [1.82, 2.24) is 5.32 Å². The fourth-order valence-electron chi connectivity index (χ4n) is 2.20. The number of amides is 1. The number of carboxylic acid groups (broad SMARTS) is 1. The SMILES string of the molecule is Cc1ccc2oc(C(=O)N[C@@H](CC(C)C)C(=O)O)cc2c1. The van der Waals surface area contributed by atoms with Crippen molar-refractivity contribution in [2.24, 2.45) is 5.92 Å². The van der Waals surface area contributed by atoms with Crippen molar-refractivity contribution in [3.05, 3.63) is 35.6 Å². The highest BCUT2D eigenvalue weighted by molar-refractivity contribution is 5.98. The molecule has 1 aromatic carbocycles. The largest absolute Gasteiger partial charge is 0.480 e. The lowest BCUT2D eigenvalue weighted by molar-refractivity contribution is -0.139. The summed E-state index contributed by atoms with van der Waals surface area (Å²) in [6, 6.07) is 6.33. The van der Waals surface area contributed by atoms with Gasteiger partial charge in [0.15, 0.2) is 5.76 Å². The van der Waals surface area contributed by atoms with Crippen molar-refractivity contribution < 1.29 is 19.1 Å². The Hall–Kier alpha value is -2.30. The monoisotopic (exact) mass is 289 g/mol. The number of nitrogens with one attached hydrogen (secondary N) is 1. The van der Waals surface area contributed by atoms with E-state index in [0.717, 1.165) is 10.9 Å². The zero-order valence-electron chi connectivity index (χ0n) is 12.3. The first-order valence-electron chi connectivity index (χ1n) is 6.90. The first kappa shape index (κ1) is 15.1. The van der Waals surface area contributed by atoms with E-state index in [0.29, 0.717) is 12.0 Å². The van der Waals surface area contributed by atoms with Crippen LogP contribution in [0.4, 0.5) is 0 Å². The molecule has 0 radical (unpaired) electrons. The van der Waals surface area contributed by atoms with Crippen molar-refractivity contribution in [2.75, 3.05) is 0 Å². The number of benzene rings is 1. The molecule has 0 saturated heterocycles. The lowest BCUT2D eigenvalue weighted by Crippen LogP contribution is -2.41. The van der Waals surface area contributed by atoms with Gasteiger partial charge in [0.05, 0.1) is 0 Å². The zero-order valence-corrected chi connectivity index (χ0v) is 12.3. The molecular weight excluding hydrogens is 270 g/mol. The van der Waals surface area contributed by atoms with Gasteiger partial charge in [0.2, 0.25) is 0 Å². The smallest absolute Gasteiger partial charge is 0.326 e. The summed E-state index contributed by atoms with van der Waals surface area (Å²) in [6.07, 6.45) is 0.375. The second kappa shape index (κ2) is 5.99. The van der Waals surface area contributed by atoms with Crippen molar-refractivity contribution in [3.63, 3.8) is 0 Å². The molecule has 2 N–H and O–H groups in total. The van der Waals surface area contributed by atoms with Gasteiger partial charge >= 0.3 is 5.97 Å². The summed E-state index contributed by atoms with van der Waals surface area (Å²) >= 11 is 0. The van der Waals surface area contributed by atoms with E-state index in [4.69, 9.17) is 9.52 Å². The third-order valence-electron chi connectivity index (χ3n) is 3.21. The second-order valence-corrected chi connectivity index (χ2v) is 5.65. The summed E-state index contributed by atoms with van der Waals surface area (Å²) in [5, 5.41) is 12.5. The fourth-order valence-corrected chi connectivity index (χ4v) is 2.20. The maximum atomic E-state index is 12.1. The van der Waals surface area contributed by atoms with Crippen molar-refractivity contribution in [2.45, 2.75) is 33.2 Å². The summed E-state index contributed by atoms with van der Waals surface area (Å²) < 4.78 is 5.47. The Balaban J connectivity index is 2.19. The first-order chi connectivity index (χ1) is 9.86. The van der Waals surface area contributed by atoms with Crippen LogP contribution in [0.5, 0.6) is 0 Å². The number of furan rings is 1. The molecule has 1 aromatic heterocycles. The van der Waals surface area contributed by atoms with Crippen LogP contribution < -0.4 is 5.32 Å². The molecule has 5 nitrogen and oxygen atoms in total. The van der Waals surface area contributed by atoms with Crippen LogP contribution in [-0.4, -0.2) is 23.0 Å². The number of carbonyl (C=O) groups is 2. The van der Waals surface area contributed by atoms with Crippen molar-refractivity contribution in [1.29, 1.82) is 0 Å². The van der Waals surface area contributed by atoms with Crippen LogP contribution in [0, 0.1) is 12.8 Å². The van der Waals surface area contributed by atoms with Crippen LogP contribution >= 0.6 is 0 Å². The number of carbonyl (C=O) groups excluding carboxylic acids is 1. The molecule has 0 fully saturated rings. The van der Waals surface area contributed by atoms with E-state index in [9.17, 15) is 9.59 Å². The van der Waals surface area contributed by atoms with E-state index < -0.39 is 17.9 Å². The number of aryl methyl sites for hydroxylation is 1. The summed E-state index contributed by atoms with van der Waals surface area (Å²) in [5.74, 6) is -1.24. The van der Waals surface area contributed by atoms with Crippen LogP contribution in [0.15, 0.2) is 28.7 Å². The molecule has 0 unspecified atom stereocenters. The molecule has 0 aliphatic carbocycles. The Morgan fingerprint density at radius 2 is 2.00 bits per heavy atom. The highest BCUT2D eigenvalue weighted by Crippen LogP contribution is 2.20. The molecule has 112 valence electrons. The van der Waals surface area contributed by atoms with Gasteiger partial charge in [0.25, 0.3) is 5.91 Å². The molecule has 2 aromatic rings. The number of hydrogen-bond donors (Lipinski definition) is 2. The van der Waals surface area contributed by atoms with E-state index in [1.165, 1.54) is 0 Å². The van der Waals surface area contributed by atoms with Gasteiger partial charge in [-0.2, -0.15) is 0 Å². The predicted octanol–water partition coefficient (Wildman–Crippen LogP) is 2.97. The fraction of sp³-hybridized carbons (Fsp3) is 0.375. The average molecular weight is 289 g/mol. The van der Waals surface area contributed by atoms with Gasteiger partial charge in [-0.3, -0.25) is 4.79 Å². The number of fused-ring (bicyclic) bond motifs is 1. The van der Waals surface area contributed by atoms with Gasteiger partial charge in [0.1, 0.15) is 11.6 Å². The normalized spacial score (nSPS) is 12.6. The number of hydrogen-bond acceptors (Lipinski definition) is 3. The molecule has 2 rings (SSSR count). The molecule has 0 saturated carbocycles. The maximum Gasteiger partial charge on any atom is 0.326 e. The molecule has 0 aliphatic heterocycles. The van der Waals surface area contributed by atoms with Gasteiger partial charge in [-0.05, 0) is 37.5 Å². The van der Waals surface area contributed by atoms with Crippen LogP contribution in [0.3, 0.4) is 0 Å². The molecule has 21 heavy (non-hydrogen) atoms. The molecule has 1 heterocycles. The third kappa shape index (κ3) is 3.62. The molecular formula is C16H19NO4. The lowest BCUT2D eigenvalue weighted by atomic mass is 10.0. The van der Waals surface area contributed by atoms with E-state index in [1.54, 1.807) is 12.1 Å². The van der Waals surface area contributed by atoms with E-state index in [1.807, 2.05) is 32.9 Å². The van der Waals surface area contributed by atoms with E-state index >= 15 is 0 Å². The zero-order chi connectivity index (χ0) is 15.6. The Morgan fingerprint density at radius 1 is 1.29 bits per heavy atom. The summed E-state index contributed by atoms with van der Waals surface area (Å²) in [7, 11) is 0. The minimum Gasteiger partial charge on any atom is -0.480 e. The molecule has 5 heteroatoms. The highest BCUT2D eigenvalue weighted by atomic mass is 16.4. The number of aliphatic carboxylic acids is 1. The molecule has 0 bridgehead atoms. The quantitative estimate of drug-likeness (QED) is 0.886. The summed E-state index contributed by atoms with van der Waals surface area (Å²) in [5.41, 5.74) is 1.68. The van der Waals surface area contributed by atoms with Crippen LogP contribution in [0.25, 0.3) is 11.0 Å². The lowest BCUT2D eigenvalue weighted by Gasteiger charge is -2.15. The third-order valence-corrected chi connectivity index (χ3v) is 3.21. The van der Waals surface area contributed by atoms with Gasteiger partial charge in [-0.15, -0.1) is 0 Å². The predicted molar refractivity (Wildman–Crippen MR) is 79.3 cm³/mol. The minimum atomic E-state index is -1.04. The maximum absolute atomic E-state index is 12.1. The van der Waals surface area contributed by atoms with E-state index in [2.05, 4.69) is 5.32 Å². The number of carboxylic acids is 1. The minimum absolute atomic E-state index is 0.130.